The molecule has 1 heterocycles. The van der Waals surface area contributed by atoms with Crippen LogP contribution in [-0.4, -0.2) is 23.3 Å². The summed E-state index contributed by atoms with van der Waals surface area (Å²) < 4.78 is 5.54. The van der Waals surface area contributed by atoms with Gasteiger partial charge in [0.05, 0.1) is 6.54 Å². The summed E-state index contributed by atoms with van der Waals surface area (Å²) in [7, 11) is 0. The van der Waals surface area contributed by atoms with Crippen LogP contribution in [0.1, 0.15) is 45.9 Å². The molecule has 0 amide bonds. The summed E-state index contributed by atoms with van der Waals surface area (Å²) >= 11 is 0. The van der Waals surface area contributed by atoms with E-state index in [9.17, 15) is 0 Å². The lowest BCUT2D eigenvalue weighted by molar-refractivity contribution is 0.451. The van der Waals surface area contributed by atoms with E-state index in [0.717, 1.165) is 13.1 Å². The van der Waals surface area contributed by atoms with Crippen LogP contribution < -0.4 is 10.6 Å². The number of nitrogens with zero attached hydrogens (tertiary/aromatic N) is 2. The zero-order valence-electron chi connectivity index (χ0n) is 11.6. The fourth-order valence-corrected chi connectivity index (χ4v) is 1.96. The van der Waals surface area contributed by atoms with E-state index in [1.54, 1.807) is 0 Å². The van der Waals surface area contributed by atoms with E-state index in [2.05, 4.69) is 41.6 Å². The topological polar surface area (TPSA) is 63.0 Å². The van der Waals surface area contributed by atoms with E-state index in [-0.39, 0.29) is 0 Å². The maximum Gasteiger partial charge on any atom is 0.315 e. The Hall–Kier alpha value is -1.10. The first-order chi connectivity index (χ1) is 8.63. The Bertz CT molecular complexity index is 371. The molecule has 0 bridgehead atoms. The Kier molecular flexibility index (Phi) is 4.22. The largest absolute Gasteiger partial charge is 0.407 e. The maximum atomic E-state index is 5.54. The molecule has 0 unspecified atom stereocenters. The van der Waals surface area contributed by atoms with E-state index < -0.39 is 0 Å². The van der Waals surface area contributed by atoms with E-state index in [1.807, 2.05) is 0 Å². The molecule has 2 rings (SSSR count). The molecular weight excluding hydrogens is 228 g/mol. The van der Waals surface area contributed by atoms with Gasteiger partial charge in [-0.25, -0.2) is 0 Å². The summed E-state index contributed by atoms with van der Waals surface area (Å²) in [6.07, 6.45) is 3.85. The predicted molar refractivity (Wildman–Crippen MR) is 71.3 cm³/mol. The quantitative estimate of drug-likeness (QED) is 0.744. The van der Waals surface area contributed by atoms with Gasteiger partial charge < -0.3 is 15.1 Å². The lowest BCUT2D eigenvalue weighted by Crippen LogP contribution is -2.19. The first kappa shape index (κ1) is 13.3. The third-order valence-electron chi connectivity index (χ3n) is 3.62. The molecule has 2 N–H and O–H groups in total. The molecule has 102 valence electrons. The van der Waals surface area contributed by atoms with Gasteiger partial charge in [0, 0.05) is 6.54 Å². The van der Waals surface area contributed by atoms with Crippen molar-refractivity contribution in [3.63, 3.8) is 0 Å². The standard InChI is InChI=1S/C13H24N4O/c1-4-13(5-6-13)9-15-12-17-16-11(18-12)8-14-7-10(2)3/h10,14H,4-9H2,1-3H3,(H,15,17). The van der Waals surface area contributed by atoms with Gasteiger partial charge in [0.15, 0.2) is 0 Å². The van der Waals surface area contributed by atoms with Crippen molar-refractivity contribution in [1.82, 2.24) is 15.5 Å². The minimum atomic E-state index is 0.491. The third kappa shape index (κ3) is 3.70. The molecule has 1 aliphatic rings. The van der Waals surface area contributed by atoms with E-state index in [0.29, 0.717) is 29.8 Å². The van der Waals surface area contributed by atoms with Gasteiger partial charge in [-0.3, -0.25) is 0 Å². The van der Waals surface area contributed by atoms with Crippen molar-refractivity contribution in [2.24, 2.45) is 11.3 Å². The van der Waals surface area contributed by atoms with Crippen molar-refractivity contribution in [2.45, 2.75) is 46.6 Å². The van der Waals surface area contributed by atoms with Crippen LogP contribution in [0.15, 0.2) is 4.42 Å². The number of aromatic nitrogens is 2. The summed E-state index contributed by atoms with van der Waals surface area (Å²) in [5, 5.41) is 14.6. The van der Waals surface area contributed by atoms with Crippen molar-refractivity contribution < 1.29 is 4.42 Å². The summed E-state index contributed by atoms with van der Waals surface area (Å²) in [6.45, 7) is 9.14. The van der Waals surface area contributed by atoms with Crippen LogP contribution in [0.25, 0.3) is 0 Å². The maximum absolute atomic E-state index is 5.54. The van der Waals surface area contributed by atoms with E-state index in [4.69, 9.17) is 4.42 Å². The van der Waals surface area contributed by atoms with Crippen LogP contribution in [0.5, 0.6) is 0 Å². The summed E-state index contributed by atoms with van der Waals surface area (Å²) in [5.41, 5.74) is 0.491. The van der Waals surface area contributed by atoms with E-state index in [1.165, 1.54) is 19.3 Å². The van der Waals surface area contributed by atoms with Crippen LogP contribution in [0.3, 0.4) is 0 Å². The average molecular weight is 252 g/mol. The molecule has 1 aromatic heterocycles. The fraction of sp³-hybridized carbons (Fsp3) is 0.846. The second-order valence-corrected chi connectivity index (χ2v) is 5.73. The van der Waals surface area contributed by atoms with Crippen molar-refractivity contribution >= 4 is 6.01 Å². The summed E-state index contributed by atoms with van der Waals surface area (Å²) in [5.74, 6) is 1.28. The molecule has 0 radical (unpaired) electrons. The highest BCUT2D eigenvalue weighted by molar-refractivity contribution is 5.19. The number of hydrogen-bond donors (Lipinski definition) is 2. The Morgan fingerprint density at radius 1 is 1.33 bits per heavy atom. The van der Waals surface area contributed by atoms with Gasteiger partial charge >= 0.3 is 6.01 Å². The predicted octanol–water partition coefficient (Wildman–Crippen LogP) is 2.42. The number of rotatable bonds is 8. The molecule has 0 atom stereocenters. The SMILES string of the molecule is CCC1(CNc2nnc(CNCC(C)C)o2)CC1. The molecule has 1 aromatic rings. The second-order valence-electron chi connectivity index (χ2n) is 5.73. The van der Waals surface area contributed by atoms with Crippen LogP contribution in [-0.2, 0) is 6.54 Å². The van der Waals surface area contributed by atoms with Gasteiger partial charge in [0.1, 0.15) is 0 Å². The summed E-state index contributed by atoms with van der Waals surface area (Å²) in [4.78, 5) is 0. The zero-order valence-corrected chi connectivity index (χ0v) is 11.6. The van der Waals surface area contributed by atoms with E-state index >= 15 is 0 Å². The zero-order chi connectivity index (χ0) is 13.0. The van der Waals surface area contributed by atoms with Gasteiger partial charge in [-0.2, -0.15) is 0 Å². The van der Waals surface area contributed by atoms with Gasteiger partial charge in [0.2, 0.25) is 5.89 Å². The molecule has 18 heavy (non-hydrogen) atoms. The van der Waals surface area contributed by atoms with Crippen molar-refractivity contribution in [1.29, 1.82) is 0 Å². The minimum Gasteiger partial charge on any atom is -0.407 e. The highest BCUT2D eigenvalue weighted by Crippen LogP contribution is 2.48. The van der Waals surface area contributed by atoms with Crippen LogP contribution >= 0.6 is 0 Å². The highest BCUT2D eigenvalue weighted by atomic mass is 16.4. The lowest BCUT2D eigenvalue weighted by atomic mass is 10.0. The minimum absolute atomic E-state index is 0.491. The Morgan fingerprint density at radius 2 is 2.11 bits per heavy atom. The number of anilines is 1. The lowest BCUT2D eigenvalue weighted by Gasteiger charge is -2.11. The normalized spacial score (nSPS) is 17.1. The second kappa shape index (κ2) is 5.69. The molecule has 0 spiro atoms. The smallest absolute Gasteiger partial charge is 0.315 e. The average Bonchev–Trinajstić information content (AvgIpc) is 3.00. The number of hydrogen-bond acceptors (Lipinski definition) is 5. The molecule has 1 fully saturated rings. The third-order valence-corrected chi connectivity index (χ3v) is 3.62. The molecule has 5 nitrogen and oxygen atoms in total. The van der Waals surface area contributed by atoms with Gasteiger partial charge in [-0.1, -0.05) is 25.9 Å². The van der Waals surface area contributed by atoms with Gasteiger partial charge in [-0.15, -0.1) is 5.10 Å². The molecule has 0 saturated heterocycles. The first-order valence-electron chi connectivity index (χ1n) is 6.90. The Labute approximate surface area is 109 Å². The first-order valence-corrected chi connectivity index (χ1v) is 6.90. The van der Waals surface area contributed by atoms with Gasteiger partial charge in [0.25, 0.3) is 0 Å². The van der Waals surface area contributed by atoms with Crippen LogP contribution in [0.2, 0.25) is 0 Å². The van der Waals surface area contributed by atoms with Crippen molar-refractivity contribution in [3.05, 3.63) is 5.89 Å². The highest BCUT2D eigenvalue weighted by Gasteiger charge is 2.40. The molecule has 1 saturated carbocycles. The monoisotopic (exact) mass is 252 g/mol. The molecule has 5 heteroatoms. The molecular formula is C13H24N4O. The summed E-state index contributed by atoms with van der Waals surface area (Å²) in [6, 6.07) is 0.552. The van der Waals surface area contributed by atoms with Crippen molar-refractivity contribution in [3.8, 4) is 0 Å². The van der Waals surface area contributed by atoms with Crippen LogP contribution in [0.4, 0.5) is 6.01 Å². The number of nitrogens with one attached hydrogen (secondary N) is 2. The Morgan fingerprint density at radius 3 is 2.72 bits per heavy atom. The molecule has 1 aliphatic carbocycles. The Balaban J connectivity index is 1.72. The van der Waals surface area contributed by atoms with Crippen LogP contribution in [0, 0.1) is 11.3 Å². The fourth-order valence-electron chi connectivity index (χ4n) is 1.96. The van der Waals surface area contributed by atoms with Gasteiger partial charge in [-0.05, 0) is 37.1 Å². The molecule has 0 aliphatic heterocycles. The van der Waals surface area contributed by atoms with Crippen molar-refractivity contribution in [2.75, 3.05) is 18.4 Å². The molecule has 0 aromatic carbocycles.